The third kappa shape index (κ3) is 4.61. The van der Waals surface area contributed by atoms with Crippen LogP contribution < -0.4 is 15.4 Å². The highest BCUT2D eigenvalue weighted by atomic mass is 16.5. The van der Waals surface area contributed by atoms with Crippen molar-refractivity contribution >= 4 is 5.82 Å². The van der Waals surface area contributed by atoms with Gasteiger partial charge in [0.05, 0.1) is 7.11 Å². The summed E-state index contributed by atoms with van der Waals surface area (Å²) < 4.78 is 5.15. The first-order chi connectivity index (χ1) is 8.17. The molecule has 0 bridgehead atoms. The van der Waals surface area contributed by atoms with Gasteiger partial charge >= 0.3 is 0 Å². The van der Waals surface area contributed by atoms with Crippen molar-refractivity contribution in [2.45, 2.75) is 20.3 Å². The summed E-state index contributed by atoms with van der Waals surface area (Å²) in [5.74, 6) is 2.22. The van der Waals surface area contributed by atoms with Gasteiger partial charge in [-0.3, -0.25) is 0 Å². The van der Waals surface area contributed by atoms with Crippen LogP contribution in [-0.4, -0.2) is 31.7 Å². The topological polar surface area (TPSA) is 51.4 Å². The van der Waals surface area contributed by atoms with E-state index in [1.54, 1.807) is 7.11 Å². The molecule has 4 nitrogen and oxygen atoms in total. The van der Waals surface area contributed by atoms with Gasteiger partial charge < -0.3 is 15.4 Å². The Morgan fingerprint density at radius 3 is 2.76 bits per heavy atom. The van der Waals surface area contributed by atoms with E-state index in [0.717, 1.165) is 25.3 Å². The first kappa shape index (κ1) is 13.8. The molecular weight excluding hydrogens is 214 g/mol. The Bertz CT molecular complexity index is 328. The van der Waals surface area contributed by atoms with Crippen LogP contribution in [0.2, 0.25) is 0 Å². The molecule has 0 aliphatic heterocycles. The fraction of sp³-hybridized carbons (Fsp3) is 0.615. The SMILES string of the molecule is COc1cccc(N(CCCN)CC(C)C)n1. The molecule has 0 unspecified atom stereocenters. The van der Waals surface area contributed by atoms with Crippen LogP contribution in [-0.2, 0) is 0 Å². The number of nitrogens with two attached hydrogens (primary N) is 1. The lowest BCUT2D eigenvalue weighted by Gasteiger charge is -2.25. The minimum Gasteiger partial charge on any atom is -0.481 e. The summed E-state index contributed by atoms with van der Waals surface area (Å²) in [5.41, 5.74) is 5.57. The van der Waals surface area contributed by atoms with Crippen LogP contribution in [0.25, 0.3) is 0 Å². The normalized spacial score (nSPS) is 10.6. The van der Waals surface area contributed by atoms with Crippen LogP contribution in [0.15, 0.2) is 18.2 Å². The zero-order chi connectivity index (χ0) is 12.7. The van der Waals surface area contributed by atoms with E-state index in [1.807, 2.05) is 18.2 Å². The average molecular weight is 237 g/mol. The van der Waals surface area contributed by atoms with Crippen LogP contribution in [0.1, 0.15) is 20.3 Å². The molecule has 0 aliphatic carbocycles. The molecule has 0 saturated carbocycles. The van der Waals surface area contributed by atoms with Crippen LogP contribution >= 0.6 is 0 Å². The number of hydrogen-bond donors (Lipinski definition) is 1. The third-order valence-corrected chi connectivity index (χ3v) is 2.46. The molecule has 0 aliphatic rings. The summed E-state index contributed by atoms with van der Waals surface area (Å²) in [4.78, 5) is 6.72. The van der Waals surface area contributed by atoms with Crippen molar-refractivity contribution in [1.29, 1.82) is 0 Å². The Morgan fingerprint density at radius 1 is 1.41 bits per heavy atom. The molecule has 0 radical (unpaired) electrons. The van der Waals surface area contributed by atoms with E-state index in [0.29, 0.717) is 18.3 Å². The number of ether oxygens (including phenoxy) is 1. The molecule has 0 aromatic carbocycles. The van der Waals surface area contributed by atoms with Crippen LogP contribution in [0.3, 0.4) is 0 Å². The van der Waals surface area contributed by atoms with Crippen LogP contribution in [0, 0.1) is 5.92 Å². The first-order valence-electron chi connectivity index (χ1n) is 6.13. The van der Waals surface area contributed by atoms with Crippen molar-refractivity contribution in [2.75, 3.05) is 31.6 Å². The van der Waals surface area contributed by atoms with E-state index in [1.165, 1.54) is 0 Å². The summed E-state index contributed by atoms with van der Waals surface area (Å²) in [6, 6.07) is 5.85. The Hall–Kier alpha value is -1.29. The lowest BCUT2D eigenvalue weighted by molar-refractivity contribution is 0.397. The number of anilines is 1. The first-order valence-corrected chi connectivity index (χ1v) is 6.13. The second-order valence-corrected chi connectivity index (χ2v) is 4.52. The minimum absolute atomic E-state index is 0.598. The quantitative estimate of drug-likeness (QED) is 0.787. The molecule has 1 rings (SSSR count). The zero-order valence-electron chi connectivity index (χ0n) is 11.0. The van der Waals surface area contributed by atoms with E-state index in [-0.39, 0.29) is 0 Å². The molecule has 96 valence electrons. The van der Waals surface area contributed by atoms with Crippen molar-refractivity contribution in [3.8, 4) is 5.88 Å². The molecule has 1 aromatic rings. The lowest BCUT2D eigenvalue weighted by atomic mass is 10.2. The van der Waals surface area contributed by atoms with E-state index in [9.17, 15) is 0 Å². The summed E-state index contributed by atoms with van der Waals surface area (Å²) in [7, 11) is 1.64. The summed E-state index contributed by atoms with van der Waals surface area (Å²) in [6.07, 6.45) is 0.978. The number of aromatic nitrogens is 1. The summed E-state index contributed by atoms with van der Waals surface area (Å²) in [6.45, 7) is 7.04. The Balaban J connectivity index is 2.78. The van der Waals surface area contributed by atoms with Gasteiger partial charge in [0, 0.05) is 19.2 Å². The van der Waals surface area contributed by atoms with Gasteiger partial charge in [-0.2, -0.15) is 4.98 Å². The van der Waals surface area contributed by atoms with Gasteiger partial charge in [-0.05, 0) is 24.9 Å². The van der Waals surface area contributed by atoms with Gasteiger partial charge in [-0.25, -0.2) is 0 Å². The standard InChI is InChI=1S/C13H23N3O/c1-11(2)10-16(9-5-8-14)12-6-4-7-13(15-12)17-3/h4,6-7,11H,5,8-10,14H2,1-3H3. The molecule has 0 spiro atoms. The third-order valence-electron chi connectivity index (χ3n) is 2.46. The number of pyridine rings is 1. The van der Waals surface area contributed by atoms with Crippen molar-refractivity contribution in [3.63, 3.8) is 0 Å². The highest BCUT2D eigenvalue weighted by molar-refractivity contribution is 5.40. The van der Waals surface area contributed by atoms with Crippen LogP contribution in [0.4, 0.5) is 5.82 Å². The minimum atomic E-state index is 0.598. The largest absolute Gasteiger partial charge is 0.481 e. The number of methoxy groups -OCH3 is 1. The van der Waals surface area contributed by atoms with Gasteiger partial charge in [-0.15, -0.1) is 0 Å². The monoisotopic (exact) mass is 237 g/mol. The van der Waals surface area contributed by atoms with Crippen molar-refractivity contribution in [3.05, 3.63) is 18.2 Å². The Kier molecular flexibility index (Phi) is 5.77. The molecule has 4 heteroatoms. The number of nitrogens with zero attached hydrogens (tertiary/aromatic N) is 2. The summed E-state index contributed by atoms with van der Waals surface area (Å²) in [5, 5.41) is 0. The van der Waals surface area contributed by atoms with Crippen molar-refractivity contribution in [1.82, 2.24) is 4.98 Å². The maximum Gasteiger partial charge on any atom is 0.214 e. The smallest absolute Gasteiger partial charge is 0.214 e. The predicted octanol–water partition coefficient (Wildman–Crippen LogP) is 1.90. The fourth-order valence-corrected chi connectivity index (χ4v) is 1.72. The van der Waals surface area contributed by atoms with E-state index in [2.05, 4.69) is 23.7 Å². The zero-order valence-corrected chi connectivity index (χ0v) is 11.0. The Morgan fingerprint density at radius 2 is 2.18 bits per heavy atom. The number of rotatable bonds is 7. The molecule has 0 saturated heterocycles. The molecule has 2 N–H and O–H groups in total. The average Bonchev–Trinajstić information content (AvgIpc) is 2.34. The van der Waals surface area contributed by atoms with Gasteiger partial charge in [0.1, 0.15) is 5.82 Å². The van der Waals surface area contributed by atoms with Gasteiger partial charge in [0.2, 0.25) is 5.88 Å². The van der Waals surface area contributed by atoms with Crippen molar-refractivity contribution < 1.29 is 4.74 Å². The van der Waals surface area contributed by atoms with Gasteiger partial charge in [0.25, 0.3) is 0 Å². The lowest BCUT2D eigenvalue weighted by Crippen LogP contribution is -2.30. The fourth-order valence-electron chi connectivity index (χ4n) is 1.72. The van der Waals surface area contributed by atoms with Gasteiger partial charge in [-0.1, -0.05) is 19.9 Å². The predicted molar refractivity (Wildman–Crippen MR) is 71.5 cm³/mol. The maximum atomic E-state index is 5.57. The molecular formula is C13H23N3O. The second-order valence-electron chi connectivity index (χ2n) is 4.52. The van der Waals surface area contributed by atoms with E-state index >= 15 is 0 Å². The van der Waals surface area contributed by atoms with Gasteiger partial charge in [0.15, 0.2) is 0 Å². The molecule has 0 fully saturated rings. The Labute approximate surface area is 104 Å². The van der Waals surface area contributed by atoms with Crippen LogP contribution in [0.5, 0.6) is 5.88 Å². The highest BCUT2D eigenvalue weighted by Gasteiger charge is 2.10. The molecule has 0 amide bonds. The molecule has 1 heterocycles. The molecule has 1 aromatic heterocycles. The van der Waals surface area contributed by atoms with Crippen molar-refractivity contribution in [2.24, 2.45) is 11.7 Å². The summed E-state index contributed by atoms with van der Waals surface area (Å²) >= 11 is 0. The number of hydrogen-bond acceptors (Lipinski definition) is 4. The van der Waals surface area contributed by atoms with E-state index in [4.69, 9.17) is 10.5 Å². The highest BCUT2D eigenvalue weighted by Crippen LogP contribution is 2.17. The second kappa shape index (κ2) is 7.12. The molecule has 17 heavy (non-hydrogen) atoms. The van der Waals surface area contributed by atoms with E-state index < -0.39 is 0 Å². The maximum absolute atomic E-state index is 5.57. The molecule has 0 atom stereocenters.